The second kappa shape index (κ2) is 6.48. The van der Waals surface area contributed by atoms with E-state index >= 15 is 0 Å². The van der Waals surface area contributed by atoms with Gasteiger partial charge in [-0.2, -0.15) is 0 Å². The molecule has 0 fully saturated rings. The fourth-order valence-corrected chi connectivity index (χ4v) is 2.75. The van der Waals surface area contributed by atoms with Gasteiger partial charge in [-0.3, -0.25) is 14.9 Å². The lowest BCUT2D eigenvalue weighted by Gasteiger charge is -2.26. The van der Waals surface area contributed by atoms with Crippen LogP contribution in [-0.4, -0.2) is 17.4 Å². The Labute approximate surface area is 133 Å². The summed E-state index contributed by atoms with van der Waals surface area (Å²) in [6.07, 6.45) is 0.663. The maximum atomic E-state index is 12.3. The summed E-state index contributed by atoms with van der Waals surface area (Å²) in [5.74, 6) is 0.538. The predicted molar refractivity (Wildman–Crippen MR) is 84.2 cm³/mol. The number of nitro benzene ring substituents is 1. The van der Waals surface area contributed by atoms with E-state index in [4.69, 9.17) is 4.74 Å². The Hall–Kier alpha value is -2.89. The van der Waals surface area contributed by atoms with Crippen LogP contribution < -0.4 is 10.1 Å². The van der Waals surface area contributed by atoms with Crippen molar-refractivity contribution in [3.8, 4) is 5.75 Å². The first-order valence-corrected chi connectivity index (χ1v) is 7.38. The molecule has 1 heterocycles. The van der Waals surface area contributed by atoms with Crippen LogP contribution in [0.15, 0.2) is 48.5 Å². The molecule has 1 N–H and O–H groups in total. The summed E-state index contributed by atoms with van der Waals surface area (Å²) in [6, 6.07) is 13.7. The Bertz CT molecular complexity index is 745. The minimum Gasteiger partial charge on any atom is -0.493 e. The van der Waals surface area contributed by atoms with Crippen LogP contribution in [0.4, 0.5) is 5.69 Å². The van der Waals surface area contributed by atoms with E-state index in [-0.39, 0.29) is 24.1 Å². The summed E-state index contributed by atoms with van der Waals surface area (Å²) in [6.45, 7) is 0.535. The maximum Gasteiger partial charge on any atom is 0.273 e. The number of hydrogen-bond donors (Lipinski definition) is 1. The van der Waals surface area contributed by atoms with E-state index in [0.717, 1.165) is 11.3 Å². The van der Waals surface area contributed by atoms with E-state index in [9.17, 15) is 14.9 Å². The molecule has 118 valence electrons. The van der Waals surface area contributed by atoms with Gasteiger partial charge < -0.3 is 10.1 Å². The van der Waals surface area contributed by atoms with Crippen molar-refractivity contribution in [2.24, 2.45) is 0 Å². The molecule has 0 aromatic heterocycles. The summed E-state index contributed by atoms with van der Waals surface area (Å²) in [4.78, 5) is 22.8. The molecular formula is C17H16N2O4. The lowest BCUT2D eigenvalue weighted by atomic mass is 10.00. The van der Waals surface area contributed by atoms with Crippen LogP contribution in [0.3, 0.4) is 0 Å². The predicted octanol–water partition coefficient (Wildman–Crippen LogP) is 2.78. The van der Waals surface area contributed by atoms with Gasteiger partial charge in [-0.15, -0.1) is 0 Å². The van der Waals surface area contributed by atoms with Crippen LogP contribution in [0, 0.1) is 10.1 Å². The highest BCUT2D eigenvalue weighted by Gasteiger charge is 2.23. The highest BCUT2D eigenvalue weighted by molar-refractivity contribution is 5.80. The third-order valence-corrected chi connectivity index (χ3v) is 3.83. The molecule has 2 aromatic carbocycles. The van der Waals surface area contributed by atoms with Gasteiger partial charge in [-0.05, 0) is 6.07 Å². The topological polar surface area (TPSA) is 81.5 Å². The molecule has 0 saturated heterocycles. The van der Waals surface area contributed by atoms with Crippen molar-refractivity contribution in [3.05, 3.63) is 69.8 Å². The van der Waals surface area contributed by atoms with E-state index in [0.29, 0.717) is 18.6 Å². The molecule has 1 aliphatic heterocycles. The molecule has 1 unspecified atom stereocenters. The monoisotopic (exact) mass is 312 g/mol. The number of hydrogen-bond acceptors (Lipinski definition) is 4. The molecular weight excluding hydrogens is 296 g/mol. The number of ether oxygens (including phenoxy) is 1. The van der Waals surface area contributed by atoms with E-state index in [1.54, 1.807) is 18.2 Å². The number of fused-ring (bicyclic) bond motifs is 1. The molecule has 2 aromatic rings. The normalized spacial score (nSPS) is 16.1. The van der Waals surface area contributed by atoms with Crippen LogP contribution in [0.2, 0.25) is 0 Å². The van der Waals surface area contributed by atoms with Crippen molar-refractivity contribution in [2.45, 2.75) is 18.9 Å². The van der Waals surface area contributed by atoms with E-state index in [1.165, 1.54) is 6.07 Å². The first-order valence-electron chi connectivity index (χ1n) is 7.38. The Balaban J connectivity index is 1.73. The molecule has 1 aliphatic rings. The lowest BCUT2D eigenvalue weighted by Crippen LogP contribution is -2.33. The van der Waals surface area contributed by atoms with Gasteiger partial charge in [-0.1, -0.05) is 36.4 Å². The fourth-order valence-electron chi connectivity index (χ4n) is 2.75. The average Bonchev–Trinajstić information content (AvgIpc) is 2.55. The molecule has 6 nitrogen and oxygen atoms in total. The Morgan fingerprint density at radius 3 is 2.78 bits per heavy atom. The number of rotatable bonds is 4. The Kier molecular flexibility index (Phi) is 4.23. The van der Waals surface area contributed by atoms with Gasteiger partial charge in [0.15, 0.2) is 0 Å². The van der Waals surface area contributed by atoms with Gasteiger partial charge in [0.25, 0.3) is 5.69 Å². The molecule has 6 heteroatoms. The molecule has 23 heavy (non-hydrogen) atoms. The summed E-state index contributed by atoms with van der Waals surface area (Å²) in [5.41, 5.74) is 1.32. The van der Waals surface area contributed by atoms with Gasteiger partial charge in [0.1, 0.15) is 5.75 Å². The van der Waals surface area contributed by atoms with Crippen molar-refractivity contribution >= 4 is 11.6 Å². The van der Waals surface area contributed by atoms with Gasteiger partial charge in [0, 0.05) is 23.6 Å². The smallest absolute Gasteiger partial charge is 0.273 e. The molecule has 0 saturated carbocycles. The summed E-state index contributed by atoms with van der Waals surface area (Å²) < 4.78 is 5.56. The van der Waals surface area contributed by atoms with Gasteiger partial charge >= 0.3 is 0 Å². The molecule has 0 aliphatic carbocycles. The van der Waals surface area contributed by atoms with Crippen molar-refractivity contribution in [3.63, 3.8) is 0 Å². The number of para-hydroxylation sites is 2. The van der Waals surface area contributed by atoms with Crippen LogP contribution in [0.1, 0.15) is 23.6 Å². The van der Waals surface area contributed by atoms with Crippen molar-refractivity contribution in [1.29, 1.82) is 0 Å². The second-order valence-electron chi connectivity index (χ2n) is 5.36. The number of carbonyl (C=O) groups excluding carboxylic acids is 1. The molecule has 0 spiro atoms. The van der Waals surface area contributed by atoms with Crippen LogP contribution in [0.5, 0.6) is 5.75 Å². The van der Waals surface area contributed by atoms with Crippen LogP contribution in [0.25, 0.3) is 0 Å². The summed E-state index contributed by atoms with van der Waals surface area (Å²) in [5, 5.41) is 14.0. The standard InChI is InChI=1S/C17H16N2O4/c20-17(11-12-5-1-3-7-15(12)19(21)22)18-14-9-10-23-16-8-4-2-6-13(14)16/h1-8,14H,9-11H2,(H,18,20). The Morgan fingerprint density at radius 2 is 1.96 bits per heavy atom. The van der Waals surface area contributed by atoms with Gasteiger partial charge in [-0.25, -0.2) is 0 Å². The summed E-state index contributed by atoms with van der Waals surface area (Å²) in [7, 11) is 0. The zero-order valence-corrected chi connectivity index (χ0v) is 12.4. The largest absolute Gasteiger partial charge is 0.493 e. The third-order valence-electron chi connectivity index (χ3n) is 3.83. The fraction of sp³-hybridized carbons (Fsp3) is 0.235. The first-order chi connectivity index (χ1) is 11.1. The summed E-state index contributed by atoms with van der Waals surface area (Å²) >= 11 is 0. The van der Waals surface area contributed by atoms with Crippen LogP contribution in [-0.2, 0) is 11.2 Å². The average molecular weight is 312 g/mol. The van der Waals surface area contributed by atoms with E-state index in [1.807, 2.05) is 24.3 Å². The number of amides is 1. The maximum absolute atomic E-state index is 12.3. The number of nitrogens with zero attached hydrogens (tertiary/aromatic N) is 1. The number of nitro groups is 1. The minimum atomic E-state index is -0.466. The number of nitrogens with one attached hydrogen (secondary N) is 1. The first kappa shape index (κ1) is 15.0. The van der Waals surface area contributed by atoms with Crippen LogP contribution >= 0.6 is 0 Å². The molecule has 1 atom stereocenters. The molecule has 3 rings (SSSR count). The zero-order valence-electron chi connectivity index (χ0n) is 12.4. The van der Waals surface area contributed by atoms with E-state index < -0.39 is 4.92 Å². The molecule has 1 amide bonds. The van der Waals surface area contributed by atoms with Crippen molar-refractivity contribution < 1.29 is 14.5 Å². The minimum absolute atomic E-state index is 0.0172. The van der Waals surface area contributed by atoms with E-state index in [2.05, 4.69) is 5.32 Å². The molecule has 0 bridgehead atoms. The lowest BCUT2D eigenvalue weighted by molar-refractivity contribution is -0.385. The van der Waals surface area contributed by atoms with Gasteiger partial charge in [0.2, 0.25) is 5.91 Å². The number of benzene rings is 2. The second-order valence-corrected chi connectivity index (χ2v) is 5.36. The highest BCUT2D eigenvalue weighted by atomic mass is 16.6. The van der Waals surface area contributed by atoms with Crippen molar-refractivity contribution in [1.82, 2.24) is 5.32 Å². The quantitative estimate of drug-likeness (QED) is 0.695. The van der Waals surface area contributed by atoms with Crippen molar-refractivity contribution in [2.75, 3.05) is 6.61 Å². The third kappa shape index (κ3) is 3.31. The SMILES string of the molecule is O=C(Cc1ccccc1[N+](=O)[O-])NC1CCOc2ccccc21. The Morgan fingerprint density at radius 1 is 1.22 bits per heavy atom. The number of carbonyl (C=O) groups is 1. The molecule has 0 radical (unpaired) electrons. The highest BCUT2D eigenvalue weighted by Crippen LogP contribution is 2.31. The zero-order chi connectivity index (χ0) is 16.2. The van der Waals surface area contributed by atoms with Gasteiger partial charge in [0.05, 0.1) is 24.0 Å².